The van der Waals surface area contributed by atoms with Gasteiger partial charge in [0.15, 0.2) is 5.96 Å². The van der Waals surface area contributed by atoms with Crippen LogP contribution in [0.1, 0.15) is 59.2 Å². The molecule has 1 atom stereocenters. The van der Waals surface area contributed by atoms with Crippen molar-refractivity contribution in [2.24, 2.45) is 4.99 Å². The summed E-state index contributed by atoms with van der Waals surface area (Å²) in [5.74, 6) is 1.87. The van der Waals surface area contributed by atoms with Gasteiger partial charge in [0, 0.05) is 51.2 Å². The number of unbranched alkanes of at least 4 members (excludes halogenated alkanes) is 1. The highest BCUT2D eigenvalue weighted by Gasteiger charge is 2.27. The Bertz CT molecular complexity index is 664. The van der Waals surface area contributed by atoms with Crippen LogP contribution in [0.25, 0.3) is 0 Å². The number of likely N-dealkylation sites (tertiary alicyclic amines) is 1. The number of nitrogens with one attached hydrogen (secondary N) is 2. The van der Waals surface area contributed by atoms with Gasteiger partial charge in [0.05, 0.1) is 0 Å². The molecular formula is C21H38N6O2. The molecule has 0 aromatic carbocycles. The Balaban J connectivity index is 1.79. The van der Waals surface area contributed by atoms with Crippen molar-refractivity contribution < 1.29 is 9.53 Å². The van der Waals surface area contributed by atoms with E-state index < -0.39 is 5.60 Å². The number of aliphatic imine (C=N–C) groups is 1. The van der Waals surface area contributed by atoms with Gasteiger partial charge < -0.3 is 24.8 Å². The lowest BCUT2D eigenvalue weighted by molar-refractivity contribution is 0.0193. The number of imidazole rings is 1. The summed E-state index contributed by atoms with van der Waals surface area (Å²) in [6, 6.07) is 0.183. The number of aryl methyl sites for hydroxylation is 2. The molecular weight excluding hydrogens is 368 g/mol. The molecule has 0 spiro atoms. The summed E-state index contributed by atoms with van der Waals surface area (Å²) in [4.78, 5) is 23.1. The molecule has 1 aliphatic rings. The number of amides is 1. The fourth-order valence-electron chi connectivity index (χ4n) is 3.33. The zero-order chi connectivity index (χ0) is 21.3. The SMILES string of the molecule is CCNC(=NCCCCn1ccnc1C)NC1CCCN(C(=O)OC(C)(C)C)C1. The zero-order valence-corrected chi connectivity index (χ0v) is 18.7. The van der Waals surface area contributed by atoms with Gasteiger partial charge >= 0.3 is 6.09 Å². The highest BCUT2D eigenvalue weighted by Crippen LogP contribution is 2.15. The molecule has 8 nitrogen and oxygen atoms in total. The standard InChI is InChI=1S/C21H38N6O2/c1-6-22-19(24-11-7-8-13-26-15-12-23-17(26)2)25-18-10-9-14-27(16-18)20(28)29-21(3,4)5/h12,15,18H,6-11,13-14,16H2,1-5H3,(H2,22,24,25). The van der Waals surface area contributed by atoms with Gasteiger partial charge in [-0.15, -0.1) is 0 Å². The van der Waals surface area contributed by atoms with Crippen molar-refractivity contribution in [2.45, 2.75) is 78.5 Å². The molecule has 164 valence electrons. The lowest BCUT2D eigenvalue weighted by Crippen LogP contribution is -2.53. The van der Waals surface area contributed by atoms with Gasteiger partial charge in [-0.3, -0.25) is 4.99 Å². The van der Waals surface area contributed by atoms with Gasteiger partial charge in [-0.25, -0.2) is 9.78 Å². The van der Waals surface area contributed by atoms with E-state index >= 15 is 0 Å². The lowest BCUT2D eigenvalue weighted by atomic mass is 10.1. The van der Waals surface area contributed by atoms with Gasteiger partial charge in [0.2, 0.25) is 0 Å². The second-order valence-electron chi connectivity index (χ2n) is 8.55. The number of nitrogens with zero attached hydrogens (tertiary/aromatic N) is 4. The van der Waals surface area contributed by atoms with Crippen LogP contribution < -0.4 is 10.6 Å². The molecule has 29 heavy (non-hydrogen) atoms. The third-order valence-corrected chi connectivity index (χ3v) is 4.76. The monoisotopic (exact) mass is 406 g/mol. The second-order valence-corrected chi connectivity index (χ2v) is 8.55. The van der Waals surface area contributed by atoms with E-state index in [4.69, 9.17) is 9.73 Å². The van der Waals surface area contributed by atoms with E-state index in [9.17, 15) is 4.79 Å². The molecule has 0 radical (unpaired) electrons. The summed E-state index contributed by atoms with van der Waals surface area (Å²) in [6.07, 6.45) is 7.68. The number of guanidine groups is 1. The molecule has 1 fully saturated rings. The Morgan fingerprint density at radius 3 is 2.83 bits per heavy atom. The Hall–Kier alpha value is -2.25. The molecule has 2 rings (SSSR count). The second kappa shape index (κ2) is 11.1. The Morgan fingerprint density at radius 1 is 1.38 bits per heavy atom. The smallest absolute Gasteiger partial charge is 0.410 e. The van der Waals surface area contributed by atoms with Gasteiger partial charge in [0.1, 0.15) is 11.4 Å². The first kappa shape index (κ1) is 23.0. The van der Waals surface area contributed by atoms with Crippen LogP contribution in [0, 0.1) is 6.92 Å². The average Bonchev–Trinajstić information content (AvgIpc) is 3.05. The molecule has 0 bridgehead atoms. The summed E-state index contributed by atoms with van der Waals surface area (Å²) in [7, 11) is 0. The van der Waals surface area contributed by atoms with E-state index in [2.05, 4.69) is 27.1 Å². The van der Waals surface area contributed by atoms with Crippen molar-refractivity contribution in [2.75, 3.05) is 26.2 Å². The maximum atomic E-state index is 12.4. The molecule has 8 heteroatoms. The van der Waals surface area contributed by atoms with Gasteiger partial charge in [-0.2, -0.15) is 0 Å². The molecule has 2 N–H and O–H groups in total. The first-order chi connectivity index (χ1) is 13.8. The van der Waals surface area contributed by atoms with Crippen LogP contribution in [0.3, 0.4) is 0 Å². The maximum Gasteiger partial charge on any atom is 0.410 e. The van der Waals surface area contributed by atoms with Gasteiger partial charge in [-0.05, 0) is 60.3 Å². The lowest BCUT2D eigenvalue weighted by Gasteiger charge is -2.35. The van der Waals surface area contributed by atoms with E-state index in [1.165, 1.54) is 0 Å². The number of carbonyl (C=O) groups is 1. The number of hydrogen-bond donors (Lipinski definition) is 2. The average molecular weight is 407 g/mol. The van der Waals surface area contributed by atoms with Crippen molar-refractivity contribution in [3.63, 3.8) is 0 Å². The third kappa shape index (κ3) is 8.33. The molecule has 1 amide bonds. The van der Waals surface area contributed by atoms with E-state index in [1.54, 1.807) is 4.90 Å². The van der Waals surface area contributed by atoms with E-state index in [-0.39, 0.29) is 12.1 Å². The van der Waals surface area contributed by atoms with Crippen LogP contribution >= 0.6 is 0 Å². The summed E-state index contributed by atoms with van der Waals surface area (Å²) >= 11 is 0. The maximum absolute atomic E-state index is 12.4. The van der Waals surface area contributed by atoms with Crippen molar-refractivity contribution in [3.8, 4) is 0 Å². The highest BCUT2D eigenvalue weighted by molar-refractivity contribution is 5.80. The number of aromatic nitrogens is 2. The molecule has 1 saturated heterocycles. The number of ether oxygens (including phenoxy) is 1. The van der Waals surface area contributed by atoms with Gasteiger partial charge in [0.25, 0.3) is 0 Å². The molecule has 0 aliphatic carbocycles. The highest BCUT2D eigenvalue weighted by atomic mass is 16.6. The first-order valence-electron chi connectivity index (χ1n) is 10.8. The summed E-state index contributed by atoms with van der Waals surface area (Å²) < 4.78 is 7.68. The Labute approximate surface area is 175 Å². The van der Waals surface area contributed by atoms with Crippen molar-refractivity contribution in [3.05, 3.63) is 18.2 Å². The molecule has 1 aliphatic heterocycles. The summed E-state index contributed by atoms with van der Waals surface area (Å²) in [5.41, 5.74) is -0.469. The van der Waals surface area contributed by atoms with Crippen LogP contribution in [-0.4, -0.2) is 64.3 Å². The van der Waals surface area contributed by atoms with Crippen LogP contribution in [-0.2, 0) is 11.3 Å². The Morgan fingerprint density at radius 2 is 2.17 bits per heavy atom. The molecule has 1 unspecified atom stereocenters. The fourth-order valence-corrected chi connectivity index (χ4v) is 3.33. The predicted octanol–water partition coefficient (Wildman–Crippen LogP) is 2.93. The number of hydrogen-bond acceptors (Lipinski definition) is 4. The molecule has 1 aromatic rings. The third-order valence-electron chi connectivity index (χ3n) is 4.76. The number of rotatable bonds is 7. The summed E-state index contributed by atoms with van der Waals surface area (Å²) in [6.45, 7) is 13.7. The van der Waals surface area contributed by atoms with Crippen molar-refractivity contribution in [1.29, 1.82) is 0 Å². The molecule has 1 aromatic heterocycles. The molecule has 2 heterocycles. The zero-order valence-electron chi connectivity index (χ0n) is 18.7. The van der Waals surface area contributed by atoms with E-state index in [0.717, 1.165) is 63.6 Å². The van der Waals surface area contributed by atoms with Gasteiger partial charge in [-0.1, -0.05) is 0 Å². The van der Waals surface area contributed by atoms with E-state index in [0.29, 0.717) is 6.54 Å². The number of piperidine rings is 1. The number of carbonyl (C=O) groups excluding carboxylic acids is 1. The topological polar surface area (TPSA) is 83.8 Å². The minimum atomic E-state index is -0.469. The van der Waals surface area contributed by atoms with E-state index in [1.807, 2.05) is 40.1 Å². The quantitative estimate of drug-likeness (QED) is 0.413. The minimum Gasteiger partial charge on any atom is -0.444 e. The van der Waals surface area contributed by atoms with Crippen molar-refractivity contribution in [1.82, 2.24) is 25.1 Å². The van der Waals surface area contributed by atoms with Crippen LogP contribution in [0.2, 0.25) is 0 Å². The first-order valence-corrected chi connectivity index (χ1v) is 10.8. The van der Waals surface area contributed by atoms with Crippen LogP contribution in [0.5, 0.6) is 0 Å². The van der Waals surface area contributed by atoms with Crippen molar-refractivity contribution >= 4 is 12.1 Å². The largest absolute Gasteiger partial charge is 0.444 e. The molecule has 0 saturated carbocycles. The Kier molecular flexibility index (Phi) is 8.79. The van der Waals surface area contributed by atoms with Crippen LogP contribution in [0.15, 0.2) is 17.4 Å². The normalized spacial score (nSPS) is 17.9. The van der Waals surface area contributed by atoms with Crippen LogP contribution in [0.4, 0.5) is 4.79 Å². The predicted molar refractivity (Wildman–Crippen MR) is 116 cm³/mol. The fraction of sp³-hybridized carbons (Fsp3) is 0.762. The summed E-state index contributed by atoms with van der Waals surface area (Å²) in [5, 5.41) is 6.81. The minimum absolute atomic E-state index is 0.183.